The number of para-hydroxylation sites is 1. The molecule has 0 atom stereocenters. The Morgan fingerprint density at radius 1 is 1.11 bits per heavy atom. The van der Waals surface area contributed by atoms with Crippen LogP contribution in [-0.4, -0.2) is 30.2 Å². The molecule has 3 aromatic heterocycles. The van der Waals surface area contributed by atoms with E-state index in [2.05, 4.69) is 34.3 Å². The molecule has 0 aliphatic rings. The van der Waals surface area contributed by atoms with Gasteiger partial charge < -0.3 is 14.5 Å². The third kappa shape index (κ3) is 3.08. The quantitative estimate of drug-likeness (QED) is 0.602. The molecule has 0 spiro atoms. The van der Waals surface area contributed by atoms with Crippen molar-refractivity contribution in [3.63, 3.8) is 0 Å². The van der Waals surface area contributed by atoms with Gasteiger partial charge in [-0.15, -0.1) is 10.2 Å². The molecule has 0 aliphatic carbocycles. The van der Waals surface area contributed by atoms with Crippen LogP contribution in [0.4, 0.5) is 5.82 Å². The first kappa shape index (κ1) is 17.0. The van der Waals surface area contributed by atoms with Crippen LogP contribution < -0.4 is 5.32 Å². The summed E-state index contributed by atoms with van der Waals surface area (Å²) in [6, 6.07) is 13.5. The monoisotopic (exact) mass is 360 g/mol. The predicted octanol–water partition coefficient (Wildman–Crippen LogP) is 3.67. The fraction of sp³-hybridized carbons (Fsp3) is 0.200. The third-order valence-corrected chi connectivity index (χ3v) is 4.49. The van der Waals surface area contributed by atoms with Gasteiger partial charge in [-0.1, -0.05) is 24.3 Å². The summed E-state index contributed by atoms with van der Waals surface area (Å²) in [5.74, 6) is 0.955. The molecule has 1 amide bonds. The van der Waals surface area contributed by atoms with E-state index in [4.69, 9.17) is 0 Å². The highest BCUT2D eigenvalue weighted by molar-refractivity contribution is 6.12. The van der Waals surface area contributed by atoms with E-state index in [1.54, 1.807) is 12.4 Å². The standard InChI is InChI=1S/C20H20N6O/c1-13(2)26-12-21-24-19(26)16-8-6-10-18(22-16)23-20(27)15-11-25(3)17-9-5-4-7-14(15)17/h4-13H,1-3H3,(H,22,23,27). The van der Waals surface area contributed by atoms with Crippen LogP contribution in [0.15, 0.2) is 55.0 Å². The molecule has 4 rings (SSSR count). The molecule has 27 heavy (non-hydrogen) atoms. The fourth-order valence-corrected chi connectivity index (χ4v) is 3.14. The van der Waals surface area contributed by atoms with E-state index in [0.29, 0.717) is 22.9 Å². The van der Waals surface area contributed by atoms with Crippen molar-refractivity contribution in [2.75, 3.05) is 5.32 Å². The van der Waals surface area contributed by atoms with Gasteiger partial charge in [-0.25, -0.2) is 4.98 Å². The zero-order valence-electron chi connectivity index (χ0n) is 15.4. The number of hydrogen-bond acceptors (Lipinski definition) is 4. The molecule has 0 aliphatic heterocycles. The Bertz CT molecular complexity index is 1120. The van der Waals surface area contributed by atoms with Gasteiger partial charge in [-0.05, 0) is 32.0 Å². The molecule has 1 N–H and O–H groups in total. The van der Waals surface area contributed by atoms with Crippen molar-refractivity contribution in [1.29, 1.82) is 0 Å². The van der Waals surface area contributed by atoms with E-state index >= 15 is 0 Å². The second-order valence-corrected chi connectivity index (χ2v) is 6.69. The van der Waals surface area contributed by atoms with Crippen LogP contribution in [-0.2, 0) is 7.05 Å². The lowest BCUT2D eigenvalue weighted by atomic mass is 10.1. The van der Waals surface area contributed by atoms with E-state index < -0.39 is 0 Å². The Labute approximate surface area is 156 Å². The maximum atomic E-state index is 12.8. The number of carbonyl (C=O) groups is 1. The number of pyridine rings is 1. The molecule has 0 saturated carbocycles. The molecule has 0 saturated heterocycles. The lowest BCUT2D eigenvalue weighted by molar-refractivity contribution is 0.102. The van der Waals surface area contributed by atoms with E-state index in [-0.39, 0.29) is 11.9 Å². The average molecular weight is 360 g/mol. The number of nitrogens with one attached hydrogen (secondary N) is 1. The number of hydrogen-bond donors (Lipinski definition) is 1. The molecule has 0 unspecified atom stereocenters. The SMILES string of the molecule is CC(C)n1cnnc1-c1cccc(NC(=O)c2cn(C)c3ccccc23)n1. The number of nitrogens with zero attached hydrogens (tertiary/aromatic N) is 5. The number of fused-ring (bicyclic) bond motifs is 1. The second kappa shape index (κ2) is 6.68. The Morgan fingerprint density at radius 3 is 2.74 bits per heavy atom. The summed E-state index contributed by atoms with van der Waals surface area (Å²) in [6.07, 6.45) is 3.52. The molecule has 7 nitrogen and oxygen atoms in total. The molecular weight excluding hydrogens is 340 g/mol. The second-order valence-electron chi connectivity index (χ2n) is 6.69. The van der Waals surface area contributed by atoms with E-state index in [9.17, 15) is 4.79 Å². The Hall–Kier alpha value is -3.48. The topological polar surface area (TPSA) is 77.6 Å². The number of rotatable bonds is 4. The van der Waals surface area contributed by atoms with Gasteiger partial charge in [0.15, 0.2) is 5.82 Å². The first-order chi connectivity index (χ1) is 13.0. The van der Waals surface area contributed by atoms with Crippen molar-refractivity contribution < 1.29 is 4.79 Å². The Balaban J connectivity index is 1.65. The number of carbonyl (C=O) groups excluding carboxylic acids is 1. The van der Waals surface area contributed by atoms with Gasteiger partial charge in [0, 0.05) is 30.2 Å². The number of aromatic nitrogens is 5. The Morgan fingerprint density at radius 2 is 1.93 bits per heavy atom. The van der Waals surface area contributed by atoms with Crippen LogP contribution in [0.1, 0.15) is 30.2 Å². The van der Waals surface area contributed by atoms with Gasteiger partial charge >= 0.3 is 0 Å². The summed E-state index contributed by atoms with van der Waals surface area (Å²) in [4.78, 5) is 17.4. The molecular formula is C20H20N6O. The van der Waals surface area contributed by atoms with E-state index in [1.165, 1.54) is 0 Å². The zero-order chi connectivity index (χ0) is 19.0. The molecule has 0 radical (unpaired) electrons. The lowest BCUT2D eigenvalue weighted by Gasteiger charge is -2.10. The largest absolute Gasteiger partial charge is 0.350 e. The third-order valence-electron chi connectivity index (χ3n) is 4.49. The summed E-state index contributed by atoms with van der Waals surface area (Å²) in [7, 11) is 1.93. The highest BCUT2D eigenvalue weighted by Crippen LogP contribution is 2.23. The van der Waals surface area contributed by atoms with Crippen LogP contribution >= 0.6 is 0 Å². The molecule has 7 heteroatoms. The van der Waals surface area contributed by atoms with Crippen molar-refractivity contribution in [2.24, 2.45) is 7.05 Å². The molecule has 0 fully saturated rings. The summed E-state index contributed by atoms with van der Waals surface area (Å²) in [5, 5.41) is 11.9. The van der Waals surface area contributed by atoms with Crippen molar-refractivity contribution in [3.05, 3.63) is 60.6 Å². The van der Waals surface area contributed by atoms with Crippen LogP contribution in [0, 0.1) is 0 Å². The van der Waals surface area contributed by atoms with Crippen molar-refractivity contribution >= 4 is 22.6 Å². The highest BCUT2D eigenvalue weighted by Gasteiger charge is 2.16. The summed E-state index contributed by atoms with van der Waals surface area (Å²) in [6.45, 7) is 4.11. The minimum atomic E-state index is -0.193. The number of amides is 1. The number of benzene rings is 1. The van der Waals surface area contributed by atoms with Crippen LogP contribution in [0.2, 0.25) is 0 Å². The summed E-state index contributed by atoms with van der Waals surface area (Å²) in [5.41, 5.74) is 2.29. The molecule has 4 aromatic rings. The average Bonchev–Trinajstić information content (AvgIpc) is 3.28. The minimum absolute atomic E-state index is 0.193. The molecule has 0 bridgehead atoms. The maximum Gasteiger partial charge on any atom is 0.258 e. The Kier molecular flexibility index (Phi) is 4.19. The number of anilines is 1. The van der Waals surface area contributed by atoms with E-state index in [1.807, 2.05) is 58.8 Å². The summed E-state index contributed by atoms with van der Waals surface area (Å²) >= 11 is 0. The molecule has 136 valence electrons. The molecule has 3 heterocycles. The van der Waals surface area contributed by atoms with Gasteiger partial charge in [0.1, 0.15) is 17.8 Å². The lowest BCUT2D eigenvalue weighted by Crippen LogP contribution is -2.13. The van der Waals surface area contributed by atoms with Gasteiger partial charge in [0.2, 0.25) is 0 Å². The highest BCUT2D eigenvalue weighted by atomic mass is 16.1. The van der Waals surface area contributed by atoms with Crippen molar-refractivity contribution in [3.8, 4) is 11.5 Å². The van der Waals surface area contributed by atoms with Gasteiger partial charge in [0.25, 0.3) is 5.91 Å². The normalized spacial score (nSPS) is 11.3. The zero-order valence-corrected chi connectivity index (χ0v) is 15.4. The van der Waals surface area contributed by atoms with Crippen molar-refractivity contribution in [1.82, 2.24) is 24.3 Å². The maximum absolute atomic E-state index is 12.8. The summed E-state index contributed by atoms with van der Waals surface area (Å²) < 4.78 is 3.89. The molecule has 1 aromatic carbocycles. The van der Waals surface area contributed by atoms with Gasteiger partial charge in [0.05, 0.1) is 5.56 Å². The van der Waals surface area contributed by atoms with Gasteiger partial charge in [-0.2, -0.15) is 0 Å². The van der Waals surface area contributed by atoms with Gasteiger partial charge in [-0.3, -0.25) is 4.79 Å². The first-order valence-corrected chi connectivity index (χ1v) is 8.77. The van der Waals surface area contributed by atoms with E-state index in [0.717, 1.165) is 10.9 Å². The minimum Gasteiger partial charge on any atom is -0.350 e. The van der Waals surface area contributed by atoms with Crippen LogP contribution in [0.3, 0.4) is 0 Å². The fourth-order valence-electron chi connectivity index (χ4n) is 3.14. The number of aryl methyl sites for hydroxylation is 1. The van der Waals surface area contributed by atoms with Crippen LogP contribution in [0.5, 0.6) is 0 Å². The van der Waals surface area contributed by atoms with Crippen LogP contribution in [0.25, 0.3) is 22.4 Å². The van der Waals surface area contributed by atoms with Crippen molar-refractivity contribution in [2.45, 2.75) is 19.9 Å². The first-order valence-electron chi connectivity index (χ1n) is 8.77. The smallest absolute Gasteiger partial charge is 0.258 e. The predicted molar refractivity (Wildman–Crippen MR) is 105 cm³/mol.